The molecule has 1 unspecified atom stereocenters. The molecule has 1 aromatic rings. The maximum Gasteiger partial charge on any atom is 0.222 e. The molecule has 0 fully saturated rings. The summed E-state index contributed by atoms with van der Waals surface area (Å²) >= 11 is 0. The van der Waals surface area contributed by atoms with Gasteiger partial charge in [0.15, 0.2) is 11.5 Å². The van der Waals surface area contributed by atoms with Crippen LogP contribution in [0.4, 0.5) is 0 Å². The molecule has 5 nitrogen and oxygen atoms in total. The second kappa shape index (κ2) is 6.61. The lowest BCUT2D eigenvalue weighted by atomic mass is 10.0. The van der Waals surface area contributed by atoms with Crippen molar-refractivity contribution in [2.24, 2.45) is 0 Å². The fourth-order valence-corrected chi connectivity index (χ4v) is 2.04. The van der Waals surface area contributed by atoms with Gasteiger partial charge in [-0.05, 0) is 24.1 Å². The van der Waals surface area contributed by atoms with Crippen LogP contribution in [0.2, 0.25) is 0 Å². The lowest BCUT2D eigenvalue weighted by molar-refractivity contribution is -0.129. The van der Waals surface area contributed by atoms with Gasteiger partial charge in [0, 0.05) is 26.9 Å². The lowest BCUT2D eigenvalue weighted by Crippen LogP contribution is -2.21. The highest BCUT2D eigenvalue weighted by Crippen LogP contribution is 2.33. The molecule has 0 radical (unpaired) electrons. The van der Waals surface area contributed by atoms with Gasteiger partial charge in [-0.2, -0.15) is 0 Å². The Kier molecular flexibility index (Phi) is 4.84. The van der Waals surface area contributed by atoms with Gasteiger partial charge in [-0.25, -0.2) is 0 Å². The van der Waals surface area contributed by atoms with Gasteiger partial charge in [-0.15, -0.1) is 0 Å². The Bertz CT molecular complexity index is 473. The van der Waals surface area contributed by atoms with Crippen molar-refractivity contribution in [3.8, 4) is 11.5 Å². The minimum absolute atomic E-state index is 0.0124. The monoisotopic (exact) mass is 279 g/mol. The maximum absolute atomic E-state index is 11.5. The van der Waals surface area contributed by atoms with E-state index in [0.29, 0.717) is 37.6 Å². The van der Waals surface area contributed by atoms with Crippen LogP contribution >= 0.6 is 0 Å². The topological polar surface area (TPSA) is 59.0 Å². The number of ether oxygens (including phenoxy) is 2. The largest absolute Gasteiger partial charge is 0.490 e. The highest BCUT2D eigenvalue weighted by atomic mass is 16.5. The summed E-state index contributed by atoms with van der Waals surface area (Å²) in [4.78, 5) is 13.1. The van der Waals surface area contributed by atoms with E-state index in [4.69, 9.17) is 9.47 Å². The molecule has 1 N–H and O–H groups in total. The Hall–Kier alpha value is -1.75. The average Bonchev–Trinajstić information content (AvgIpc) is 2.68. The predicted octanol–water partition coefficient (Wildman–Crippen LogP) is 1.75. The normalized spacial score (nSPS) is 15.3. The Morgan fingerprint density at radius 2 is 2.00 bits per heavy atom. The number of aliphatic hydroxyl groups excluding tert-OH is 1. The van der Waals surface area contributed by atoms with Gasteiger partial charge in [0.05, 0.1) is 19.3 Å². The van der Waals surface area contributed by atoms with E-state index in [1.807, 2.05) is 12.1 Å². The molecule has 1 aromatic carbocycles. The van der Waals surface area contributed by atoms with Crippen molar-refractivity contribution in [1.82, 2.24) is 4.90 Å². The quantitative estimate of drug-likeness (QED) is 0.912. The minimum Gasteiger partial charge on any atom is -0.490 e. The van der Waals surface area contributed by atoms with E-state index >= 15 is 0 Å². The summed E-state index contributed by atoms with van der Waals surface area (Å²) < 4.78 is 11.1. The molecule has 20 heavy (non-hydrogen) atoms. The number of hydrogen-bond acceptors (Lipinski definition) is 4. The third-order valence-corrected chi connectivity index (χ3v) is 3.29. The number of carbonyl (C=O) groups is 1. The Morgan fingerprint density at radius 3 is 2.70 bits per heavy atom. The van der Waals surface area contributed by atoms with Crippen LogP contribution < -0.4 is 9.47 Å². The maximum atomic E-state index is 11.5. The zero-order valence-corrected chi connectivity index (χ0v) is 12.0. The molecular weight excluding hydrogens is 258 g/mol. The van der Waals surface area contributed by atoms with Gasteiger partial charge in [0.25, 0.3) is 0 Å². The summed E-state index contributed by atoms with van der Waals surface area (Å²) in [6, 6.07) is 5.43. The number of hydrogen-bond donors (Lipinski definition) is 1. The van der Waals surface area contributed by atoms with E-state index < -0.39 is 6.10 Å². The van der Waals surface area contributed by atoms with E-state index in [1.165, 1.54) is 4.90 Å². The molecule has 0 aliphatic carbocycles. The van der Waals surface area contributed by atoms with Crippen LogP contribution in [0.3, 0.4) is 0 Å². The summed E-state index contributed by atoms with van der Waals surface area (Å²) in [6.07, 6.45) is 0.902. The SMILES string of the molecule is CN(C)C(=O)CCC(O)c1ccc2c(c1)OCCCO2. The second-order valence-corrected chi connectivity index (χ2v) is 5.10. The van der Waals surface area contributed by atoms with Crippen molar-refractivity contribution in [3.05, 3.63) is 23.8 Å². The van der Waals surface area contributed by atoms with Gasteiger partial charge in [0.2, 0.25) is 5.91 Å². The summed E-state index contributed by atoms with van der Waals surface area (Å²) in [7, 11) is 3.42. The van der Waals surface area contributed by atoms with Crippen molar-refractivity contribution in [2.75, 3.05) is 27.3 Å². The van der Waals surface area contributed by atoms with Crippen molar-refractivity contribution in [1.29, 1.82) is 0 Å². The summed E-state index contributed by atoms with van der Waals surface area (Å²) in [6.45, 7) is 1.26. The van der Waals surface area contributed by atoms with Crippen molar-refractivity contribution >= 4 is 5.91 Å². The molecule has 0 saturated heterocycles. The zero-order chi connectivity index (χ0) is 14.5. The van der Waals surface area contributed by atoms with Crippen molar-refractivity contribution < 1.29 is 19.4 Å². The van der Waals surface area contributed by atoms with Crippen LogP contribution in [0.5, 0.6) is 11.5 Å². The molecule has 1 aliphatic rings. The van der Waals surface area contributed by atoms with Crippen LogP contribution in [0.1, 0.15) is 30.9 Å². The average molecular weight is 279 g/mol. The first-order chi connectivity index (χ1) is 9.58. The molecule has 1 atom stereocenters. The lowest BCUT2D eigenvalue weighted by Gasteiger charge is -2.15. The minimum atomic E-state index is -0.670. The van der Waals surface area contributed by atoms with Crippen LogP contribution in [0.15, 0.2) is 18.2 Å². The van der Waals surface area contributed by atoms with E-state index in [1.54, 1.807) is 20.2 Å². The zero-order valence-electron chi connectivity index (χ0n) is 12.0. The van der Waals surface area contributed by atoms with Gasteiger partial charge in [-0.3, -0.25) is 4.79 Å². The molecule has 5 heteroatoms. The Labute approximate surface area is 119 Å². The summed E-state index contributed by atoms with van der Waals surface area (Å²) in [5, 5.41) is 10.2. The molecule has 0 saturated carbocycles. The predicted molar refractivity (Wildman–Crippen MR) is 74.9 cm³/mol. The molecule has 110 valence electrons. The van der Waals surface area contributed by atoms with Gasteiger partial charge in [-0.1, -0.05) is 6.07 Å². The number of amides is 1. The molecular formula is C15H21NO4. The number of benzene rings is 1. The van der Waals surface area contributed by atoms with E-state index in [2.05, 4.69) is 0 Å². The standard InChI is InChI=1S/C15H21NO4/c1-16(2)15(18)7-5-12(17)11-4-6-13-14(10-11)20-9-3-8-19-13/h4,6,10,12,17H,3,5,7-9H2,1-2H3. The molecule has 0 spiro atoms. The van der Waals surface area contributed by atoms with E-state index in [9.17, 15) is 9.90 Å². The van der Waals surface area contributed by atoms with E-state index in [-0.39, 0.29) is 5.91 Å². The first-order valence-corrected chi connectivity index (χ1v) is 6.85. The number of aliphatic hydroxyl groups is 1. The van der Waals surface area contributed by atoms with Crippen LogP contribution in [0, 0.1) is 0 Å². The van der Waals surface area contributed by atoms with Crippen LogP contribution in [-0.4, -0.2) is 43.2 Å². The Morgan fingerprint density at radius 1 is 1.30 bits per heavy atom. The Balaban J connectivity index is 2.01. The third kappa shape index (κ3) is 3.63. The highest BCUT2D eigenvalue weighted by molar-refractivity contribution is 5.75. The smallest absolute Gasteiger partial charge is 0.222 e. The summed E-state index contributed by atoms with van der Waals surface area (Å²) in [5.41, 5.74) is 0.751. The van der Waals surface area contributed by atoms with E-state index in [0.717, 1.165) is 12.0 Å². The number of nitrogens with zero attached hydrogens (tertiary/aromatic N) is 1. The van der Waals surface area contributed by atoms with Crippen LogP contribution in [0.25, 0.3) is 0 Å². The van der Waals surface area contributed by atoms with Gasteiger partial charge >= 0.3 is 0 Å². The first-order valence-electron chi connectivity index (χ1n) is 6.85. The number of rotatable bonds is 4. The molecule has 0 bridgehead atoms. The fourth-order valence-electron chi connectivity index (χ4n) is 2.04. The van der Waals surface area contributed by atoms with Gasteiger partial charge < -0.3 is 19.5 Å². The third-order valence-electron chi connectivity index (χ3n) is 3.29. The molecule has 0 aromatic heterocycles. The fraction of sp³-hybridized carbons (Fsp3) is 0.533. The van der Waals surface area contributed by atoms with Crippen molar-refractivity contribution in [3.63, 3.8) is 0 Å². The second-order valence-electron chi connectivity index (χ2n) is 5.10. The van der Waals surface area contributed by atoms with Crippen molar-refractivity contribution in [2.45, 2.75) is 25.4 Å². The van der Waals surface area contributed by atoms with Gasteiger partial charge in [0.1, 0.15) is 0 Å². The first kappa shape index (κ1) is 14.7. The summed E-state index contributed by atoms with van der Waals surface area (Å²) in [5.74, 6) is 1.39. The molecule has 1 aliphatic heterocycles. The van der Waals surface area contributed by atoms with Crippen LogP contribution in [-0.2, 0) is 4.79 Å². The molecule has 1 amide bonds. The molecule has 1 heterocycles. The number of fused-ring (bicyclic) bond motifs is 1. The number of carbonyl (C=O) groups excluding carboxylic acids is 1. The molecule has 2 rings (SSSR count). The highest BCUT2D eigenvalue weighted by Gasteiger charge is 2.16.